The van der Waals surface area contributed by atoms with Crippen LogP contribution in [0, 0.1) is 6.92 Å². The average molecular weight is 394 g/mol. The molecule has 0 saturated heterocycles. The molecule has 0 fully saturated rings. The van der Waals surface area contributed by atoms with Crippen molar-refractivity contribution in [2.24, 2.45) is 0 Å². The average Bonchev–Trinajstić information content (AvgIpc) is 3.22. The van der Waals surface area contributed by atoms with E-state index in [9.17, 15) is 18.0 Å². The van der Waals surface area contributed by atoms with E-state index in [2.05, 4.69) is 15.4 Å². The van der Waals surface area contributed by atoms with Crippen molar-refractivity contribution in [1.82, 2.24) is 14.8 Å². The van der Waals surface area contributed by atoms with Gasteiger partial charge in [-0.05, 0) is 20.8 Å². The number of nitrogens with zero attached hydrogens (tertiary/aromatic N) is 3. The SMILES string of the molecule is Cc1ccc(-c2csc(NC(=O)c3cnn(C(C)C)c3C(F)(F)F)n2)cc1. The Morgan fingerprint density at radius 1 is 1.22 bits per heavy atom. The van der Waals surface area contributed by atoms with Gasteiger partial charge in [-0.1, -0.05) is 29.8 Å². The molecule has 3 aromatic rings. The van der Waals surface area contributed by atoms with Crippen LogP contribution in [-0.4, -0.2) is 20.7 Å². The predicted octanol–water partition coefficient (Wildman–Crippen LogP) is 5.17. The number of hydrogen-bond acceptors (Lipinski definition) is 4. The molecule has 3 rings (SSSR count). The van der Waals surface area contributed by atoms with Gasteiger partial charge in [-0.15, -0.1) is 11.3 Å². The first kappa shape index (κ1) is 19.1. The van der Waals surface area contributed by atoms with Crippen LogP contribution in [0.3, 0.4) is 0 Å². The zero-order valence-corrected chi connectivity index (χ0v) is 15.6. The van der Waals surface area contributed by atoms with Gasteiger partial charge in [0, 0.05) is 17.0 Å². The van der Waals surface area contributed by atoms with Gasteiger partial charge in [0.05, 0.1) is 17.5 Å². The van der Waals surface area contributed by atoms with Crippen LogP contribution in [0.25, 0.3) is 11.3 Å². The maximum Gasteiger partial charge on any atom is 0.433 e. The van der Waals surface area contributed by atoms with Crippen molar-refractivity contribution in [3.05, 3.63) is 52.7 Å². The molecule has 1 N–H and O–H groups in total. The second kappa shape index (κ2) is 7.15. The Morgan fingerprint density at radius 3 is 2.48 bits per heavy atom. The summed E-state index contributed by atoms with van der Waals surface area (Å²) in [6.07, 6.45) is -3.75. The zero-order valence-electron chi connectivity index (χ0n) is 14.8. The maximum atomic E-state index is 13.4. The molecule has 5 nitrogen and oxygen atoms in total. The molecule has 2 aromatic heterocycles. The van der Waals surface area contributed by atoms with Gasteiger partial charge in [0.15, 0.2) is 10.8 Å². The largest absolute Gasteiger partial charge is 0.433 e. The van der Waals surface area contributed by atoms with Gasteiger partial charge in [-0.3, -0.25) is 14.8 Å². The molecule has 0 atom stereocenters. The third-order valence-electron chi connectivity index (χ3n) is 3.87. The third kappa shape index (κ3) is 4.02. The van der Waals surface area contributed by atoms with Crippen LogP contribution >= 0.6 is 11.3 Å². The number of rotatable bonds is 4. The van der Waals surface area contributed by atoms with Gasteiger partial charge < -0.3 is 0 Å². The van der Waals surface area contributed by atoms with Crippen LogP contribution in [0.4, 0.5) is 18.3 Å². The summed E-state index contributed by atoms with van der Waals surface area (Å²) in [6, 6.07) is 7.12. The van der Waals surface area contributed by atoms with Crippen LogP contribution in [0.2, 0.25) is 0 Å². The molecule has 0 spiro atoms. The highest BCUT2D eigenvalue weighted by molar-refractivity contribution is 7.14. The van der Waals surface area contributed by atoms with E-state index >= 15 is 0 Å². The number of aromatic nitrogens is 3. The summed E-state index contributed by atoms with van der Waals surface area (Å²) in [6.45, 7) is 5.10. The van der Waals surface area contributed by atoms with Crippen LogP contribution in [-0.2, 0) is 6.18 Å². The van der Waals surface area contributed by atoms with Crippen molar-refractivity contribution in [2.45, 2.75) is 33.0 Å². The van der Waals surface area contributed by atoms with Gasteiger partial charge in [-0.2, -0.15) is 18.3 Å². The third-order valence-corrected chi connectivity index (χ3v) is 4.63. The highest BCUT2D eigenvalue weighted by Gasteiger charge is 2.40. The summed E-state index contributed by atoms with van der Waals surface area (Å²) in [7, 11) is 0. The topological polar surface area (TPSA) is 59.8 Å². The highest BCUT2D eigenvalue weighted by Crippen LogP contribution is 2.34. The van der Waals surface area contributed by atoms with Crippen LogP contribution in [0.5, 0.6) is 0 Å². The predicted molar refractivity (Wildman–Crippen MR) is 97.9 cm³/mol. The number of amides is 1. The number of nitrogens with one attached hydrogen (secondary N) is 1. The Bertz CT molecular complexity index is 958. The number of carbonyl (C=O) groups excluding carboxylic acids is 1. The molecule has 2 heterocycles. The van der Waals surface area contributed by atoms with Crippen molar-refractivity contribution in [3.8, 4) is 11.3 Å². The Kier molecular flexibility index (Phi) is 5.05. The monoisotopic (exact) mass is 394 g/mol. The molecule has 27 heavy (non-hydrogen) atoms. The number of alkyl halides is 3. The fourth-order valence-electron chi connectivity index (χ4n) is 2.56. The van der Waals surface area contributed by atoms with Gasteiger partial charge in [0.1, 0.15) is 0 Å². The lowest BCUT2D eigenvalue weighted by molar-refractivity contribution is -0.145. The molecule has 1 aromatic carbocycles. The van der Waals surface area contributed by atoms with Crippen molar-refractivity contribution in [2.75, 3.05) is 5.32 Å². The summed E-state index contributed by atoms with van der Waals surface area (Å²) >= 11 is 1.15. The number of anilines is 1. The van der Waals surface area contributed by atoms with Crippen LogP contribution < -0.4 is 5.32 Å². The maximum absolute atomic E-state index is 13.4. The zero-order chi connectivity index (χ0) is 19.8. The van der Waals surface area contributed by atoms with Crippen LogP contribution in [0.1, 0.15) is 41.5 Å². The fourth-order valence-corrected chi connectivity index (χ4v) is 3.27. The van der Waals surface area contributed by atoms with E-state index < -0.39 is 29.4 Å². The van der Waals surface area contributed by atoms with E-state index in [-0.39, 0.29) is 5.13 Å². The molecule has 9 heteroatoms. The minimum absolute atomic E-state index is 0.223. The smallest absolute Gasteiger partial charge is 0.298 e. The molecule has 0 unspecified atom stereocenters. The number of hydrogen-bond donors (Lipinski definition) is 1. The molecule has 1 amide bonds. The molecule has 0 aliphatic heterocycles. The van der Waals surface area contributed by atoms with Gasteiger partial charge >= 0.3 is 6.18 Å². The standard InChI is InChI=1S/C18H17F3N4OS/c1-10(2)25-15(18(19,20)21)13(8-22-25)16(26)24-17-23-14(9-27-17)12-6-4-11(3)5-7-12/h4-10H,1-3H3,(H,23,24,26). The van der Waals surface area contributed by atoms with Crippen molar-refractivity contribution in [3.63, 3.8) is 0 Å². The lowest BCUT2D eigenvalue weighted by Crippen LogP contribution is -2.22. The van der Waals surface area contributed by atoms with E-state index in [0.717, 1.165) is 33.3 Å². The number of aryl methyl sites for hydroxylation is 1. The van der Waals surface area contributed by atoms with Gasteiger partial charge in [0.25, 0.3) is 5.91 Å². The van der Waals surface area contributed by atoms with E-state index in [0.29, 0.717) is 5.69 Å². The van der Waals surface area contributed by atoms with Crippen molar-refractivity contribution < 1.29 is 18.0 Å². The lowest BCUT2D eigenvalue weighted by atomic mass is 10.1. The summed E-state index contributed by atoms with van der Waals surface area (Å²) in [5, 5.41) is 8.13. The van der Waals surface area contributed by atoms with E-state index in [1.54, 1.807) is 19.2 Å². The van der Waals surface area contributed by atoms with Gasteiger partial charge in [0.2, 0.25) is 0 Å². The molecular weight excluding hydrogens is 377 g/mol. The molecule has 0 radical (unpaired) electrons. The number of benzene rings is 1. The molecule has 0 saturated carbocycles. The Morgan fingerprint density at radius 2 is 1.89 bits per heavy atom. The first-order valence-electron chi connectivity index (χ1n) is 8.15. The number of thiazole rings is 1. The lowest BCUT2D eigenvalue weighted by Gasteiger charge is -2.14. The second-order valence-corrected chi connectivity index (χ2v) is 7.16. The van der Waals surface area contributed by atoms with E-state index in [1.165, 1.54) is 0 Å². The van der Waals surface area contributed by atoms with Crippen LogP contribution in [0.15, 0.2) is 35.8 Å². The van der Waals surface area contributed by atoms with E-state index in [4.69, 9.17) is 0 Å². The quantitative estimate of drug-likeness (QED) is 0.664. The Balaban J connectivity index is 1.85. The Hall–Kier alpha value is -2.68. The van der Waals surface area contributed by atoms with Gasteiger partial charge in [-0.25, -0.2) is 4.98 Å². The minimum Gasteiger partial charge on any atom is -0.298 e. The summed E-state index contributed by atoms with van der Waals surface area (Å²) in [5.41, 5.74) is 1.02. The minimum atomic E-state index is -4.69. The normalized spacial score (nSPS) is 11.8. The van der Waals surface area contributed by atoms with Crippen molar-refractivity contribution in [1.29, 1.82) is 0 Å². The summed E-state index contributed by atoms with van der Waals surface area (Å²) in [5.74, 6) is -0.890. The molecule has 142 valence electrons. The highest BCUT2D eigenvalue weighted by atomic mass is 32.1. The second-order valence-electron chi connectivity index (χ2n) is 6.30. The molecular formula is C18H17F3N4OS. The molecule has 0 aliphatic carbocycles. The fraction of sp³-hybridized carbons (Fsp3) is 0.278. The number of carbonyl (C=O) groups is 1. The van der Waals surface area contributed by atoms with E-state index in [1.807, 2.05) is 31.2 Å². The number of halogens is 3. The molecule has 0 aliphatic rings. The molecule has 0 bridgehead atoms. The first-order valence-corrected chi connectivity index (χ1v) is 9.03. The van der Waals surface area contributed by atoms with Crippen molar-refractivity contribution >= 4 is 22.4 Å². The Labute approximate surface area is 157 Å². The first-order chi connectivity index (χ1) is 12.7. The summed E-state index contributed by atoms with van der Waals surface area (Å²) in [4.78, 5) is 16.7. The summed E-state index contributed by atoms with van der Waals surface area (Å²) < 4.78 is 41.0.